The Morgan fingerprint density at radius 1 is 1.15 bits per heavy atom. The highest BCUT2D eigenvalue weighted by atomic mass is 16.5. The zero-order valence-electron chi connectivity index (χ0n) is 15.3. The molecule has 6 nitrogen and oxygen atoms in total. The molecule has 1 amide bonds. The minimum absolute atomic E-state index is 0.0501. The molecule has 2 aromatic rings. The summed E-state index contributed by atoms with van der Waals surface area (Å²) in [6, 6.07) is 11.2. The zero-order valence-corrected chi connectivity index (χ0v) is 15.3. The van der Waals surface area contributed by atoms with E-state index in [1.807, 2.05) is 43.3 Å². The van der Waals surface area contributed by atoms with Crippen LogP contribution in [0, 0.1) is 12.3 Å². The Morgan fingerprint density at radius 3 is 2.42 bits per heavy atom. The molecule has 0 unspecified atom stereocenters. The summed E-state index contributed by atoms with van der Waals surface area (Å²) in [6.07, 6.45) is 1.54. The molecule has 1 aliphatic heterocycles. The minimum atomic E-state index is -0.264. The molecule has 1 aromatic heterocycles. The lowest BCUT2D eigenvalue weighted by atomic mass is 9.80. The van der Waals surface area contributed by atoms with Crippen molar-refractivity contribution in [2.75, 3.05) is 33.4 Å². The third-order valence-electron chi connectivity index (χ3n) is 5.03. The highest BCUT2D eigenvalue weighted by Gasteiger charge is 2.34. The number of hydrogen-bond acceptors (Lipinski definition) is 5. The summed E-state index contributed by atoms with van der Waals surface area (Å²) >= 11 is 0. The number of carbonyl (C=O) groups excluding carboxylic acids is 1. The van der Waals surface area contributed by atoms with Gasteiger partial charge < -0.3 is 14.7 Å². The number of aryl methyl sites for hydroxylation is 1. The molecule has 0 bridgehead atoms. The second kappa shape index (κ2) is 7.93. The second-order valence-corrected chi connectivity index (χ2v) is 7.07. The van der Waals surface area contributed by atoms with Gasteiger partial charge in [-0.15, -0.1) is 0 Å². The van der Waals surface area contributed by atoms with E-state index in [2.05, 4.69) is 10.2 Å². The molecule has 138 valence electrons. The van der Waals surface area contributed by atoms with Crippen LogP contribution in [0.15, 0.2) is 36.4 Å². The van der Waals surface area contributed by atoms with Crippen molar-refractivity contribution in [3.63, 3.8) is 0 Å². The lowest BCUT2D eigenvalue weighted by molar-refractivity contribution is -0.0282. The van der Waals surface area contributed by atoms with Crippen molar-refractivity contribution in [3.05, 3.63) is 47.7 Å². The predicted molar refractivity (Wildman–Crippen MR) is 98.7 cm³/mol. The third kappa shape index (κ3) is 4.08. The largest absolute Gasteiger partial charge is 0.396 e. The average Bonchev–Trinajstić information content (AvgIpc) is 2.69. The molecule has 2 heterocycles. The van der Waals surface area contributed by atoms with Gasteiger partial charge in [-0.3, -0.25) is 4.79 Å². The number of amides is 1. The molecule has 0 saturated carbocycles. The molecule has 26 heavy (non-hydrogen) atoms. The van der Waals surface area contributed by atoms with Gasteiger partial charge in [0.05, 0.1) is 18.0 Å². The predicted octanol–water partition coefficient (Wildman–Crippen LogP) is 2.31. The molecule has 1 aliphatic rings. The summed E-state index contributed by atoms with van der Waals surface area (Å²) in [5, 5.41) is 18.1. The Labute approximate surface area is 153 Å². The summed E-state index contributed by atoms with van der Waals surface area (Å²) in [6.45, 7) is 3.76. The van der Waals surface area contributed by atoms with Crippen molar-refractivity contribution in [1.82, 2.24) is 15.1 Å². The van der Waals surface area contributed by atoms with Gasteiger partial charge in [0.25, 0.3) is 5.91 Å². The number of aromatic nitrogens is 2. The molecule has 0 radical (unpaired) electrons. The number of carbonyl (C=O) groups is 1. The van der Waals surface area contributed by atoms with E-state index < -0.39 is 0 Å². The fourth-order valence-electron chi connectivity index (χ4n) is 3.30. The van der Waals surface area contributed by atoms with Crippen LogP contribution in [-0.4, -0.2) is 59.5 Å². The molecule has 0 aliphatic carbocycles. The van der Waals surface area contributed by atoms with Crippen LogP contribution in [0.1, 0.15) is 28.9 Å². The van der Waals surface area contributed by atoms with Crippen LogP contribution in [0.3, 0.4) is 0 Å². The Balaban J connectivity index is 1.70. The van der Waals surface area contributed by atoms with Gasteiger partial charge in [-0.1, -0.05) is 12.1 Å². The number of aliphatic hydroxyl groups is 1. The number of rotatable bonds is 5. The van der Waals surface area contributed by atoms with E-state index in [1.54, 1.807) is 11.9 Å². The summed E-state index contributed by atoms with van der Waals surface area (Å²) in [5.41, 5.74) is 2.93. The van der Waals surface area contributed by atoms with Crippen LogP contribution >= 0.6 is 0 Å². The van der Waals surface area contributed by atoms with Gasteiger partial charge in [-0.05, 0) is 44.0 Å². The molecule has 6 heteroatoms. The first kappa shape index (κ1) is 18.5. The van der Waals surface area contributed by atoms with Crippen LogP contribution in [0.25, 0.3) is 11.3 Å². The number of aliphatic hydroxyl groups excluding tert-OH is 1. The number of benzene rings is 1. The zero-order chi connectivity index (χ0) is 18.6. The molecule has 1 fully saturated rings. The molecule has 0 spiro atoms. The number of hydrogen-bond donors (Lipinski definition) is 1. The summed E-state index contributed by atoms with van der Waals surface area (Å²) in [5.74, 6) is -0.0501. The molecule has 1 aromatic carbocycles. The molecular formula is C20H25N3O3. The molecule has 1 saturated heterocycles. The van der Waals surface area contributed by atoms with Crippen molar-refractivity contribution in [1.29, 1.82) is 0 Å². The topological polar surface area (TPSA) is 75.6 Å². The average molecular weight is 355 g/mol. The summed E-state index contributed by atoms with van der Waals surface area (Å²) < 4.78 is 5.39. The van der Waals surface area contributed by atoms with E-state index in [0.717, 1.165) is 29.8 Å². The van der Waals surface area contributed by atoms with E-state index in [0.29, 0.717) is 25.3 Å². The molecule has 0 atom stereocenters. The lowest BCUT2D eigenvalue weighted by Gasteiger charge is -2.38. The highest BCUT2D eigenvalue weighted by Crippen LogP contribution is 2.31. The first-order valence-corrected chi connectivity index (χ1v) is 8.88. The second-order valence-electron chi connectivity index (χ2n) is 7.07. The Kier molecular flexibility index (Phi) is 5.64. The van der Waals surface area contributed by atoms with Crippen LogP contribution < -0.4 is 0 Å². The summed E-state index contributed by atoms with van der Waals surface area (Å²) in [4.78, 5) is 14.5. The fraction of sp³-hybridized carbons (Fsp3) is 0.450. The maximum atomic E-state index is 12.8. The van der Waals surface area contributed by atoms with Gasteiger partial charge in [-0.2, -0.15) is 10.2 Å². The normalized spacial score (nSPS) is 16.3. The molecular weight excluding hydrogens is 330 g/mol. The van der Waals surface area contributed by atoms with Gasteiger partial charge in [0.15, 0.2) is 0 Å². The van der Waals surface area contributed by atoms with Gasteiger partial charge in [0.2, 0.25) is 0 Å². The van der Waals surface area contributed by atoms with Gasteiger partial charge in [0.1, 0.15) is 0 Å². The quantitative estimate of drug-likeness (QED) is 0.891. The first-order chi connectivity index (χ1) is 12.5. The SMILES string of the molecule is Cc1ccc(-c2ccc(C(=O)N(C)CC3(CO)CCOCC3)cc2)nn1. The number of nitrogens with zero attached hydrogens (tertiary/aromatic N) is 3. The minimum Gasteiger partial charge on any atom is -0.396 e. The van der Waals surface area contributed by atoms with E-state index in [9.17, 15) is 9.90 Å². The maximum absolute atomic E-state index is 12.8. The summed E-state index contributed by atoms with van der Waals surface area (Å²) in [7, 11) is 1.79. The number of ether oxygens (including phenoxy) is 1. The van der Waals surface area contributed by atoms with E-state index >= 15 is 0 Å². The van der Waals surface area contributed by atoms with E-state index in [4.69, 9.17) is 4.74 Å². The van der Waals surface area contributed by atoms with Gasteiger partial charge in [0, 0.05) is 43.3 Å². The van der Waals surface area contributed by atoms with Crippen molar-refractivity contribution < 1.29 is 14.6 Å². The van der Waals surface area contributed by atoms with E-state index in [-0.39, 0.29) is 17.9 Å². The van der Waals surface area contributed by atoms with Gasteiger partial charge >= 0.3 is 0 Å². The Hall–Kier alpha value is -2.31. The Morgan fingerprint density at radius 2 is 1.85 bits per heavy atom. The first-order valence-electron chi connectivity index (χ1n) is 8.88. The standard InChI is InChI=1S/C20H25N3O3/c1-15-3-8-18(22-21-15)16-4-6-17(7-5-16)19(25)23(2)13-20(14-24)9-11-26-12-10-20/h3-8,24H,9-14H2,1-2H3. The van der Waals surface area contributed by atoms with Gasteiger partial charge in [-0.25, -0.2) is 0 Å². The molecule has 3 rings (SSSR count). The highest BCUT2D eigenvalue weighted by molar-refractivity contribution is 5.94. The smallest absolute Gasteiger partial charge is 0.253 e. The van der Waals surface area contributed by atoms with E-state index in [1.165, 1.54) is 0 Å². The van der Waals surface area contributed by atoms with Crippen molar-refractivity contribution in [2.24, 2.45) is 5.41 Å². The van der Waals surface area contributed by atoms with Crippen molar-refractivity contribution in [2.45, 2.75) is 19.8 Å². The maximum Gasteiger partial charge on any atom is 0.253 e. The van der Waals surface area contributed by atoms with Crippen molar-refractivity contribution >= 4 is 5.91 Å². The Bertz CT molecular complexity index is 738. The molecule has 1 N–H and O–H groups in total. The van der Waals surface area contributed by atoms with Crippen molar-refractivity contribution in [3.8, 4) is 11.3 Å². The van der Waals surface area contributed by atoms with Crippen LogP contribution in [0.5, 0.6) is 0 Å². The third-order valence-corrected chi connectivity index (χ3v) is 5.03. The van der Waals surface area contributed by atoms with Crippen LogP contribution in [0.2, 0.25) is 0 Å². The van der Waals surface area contributed by atoms with Crippen LogP contribution in [-0.2, 0) is 4.74 Å². The fourth-order valence-corrected chi connectivity index (χ4v) is 3.30. The van der Waals surface area contributed by atoms with Crippen LogP contribution in [0.4, 0.5) is 0 Å². The monoisotopic (exact) mass is 355 g/mol. The lowest BCUT2D eigenvalue weighted by Crippen LogP contribution is -2.44.